The van der Waals surface area contributed by atoms with Gasteiger partial charge in [0.15, 0.2) is 5.43 Å². The average Bonchev–Trinajstić information content (AvgIpc) is 2.44. The minimum atomic E-state index is -0.0508. The largest absolute Gasteiger partial charge is 0.343 e. The van der Waals surface area contributed by atoms with E-state index < -0.39 is 0 Å². The lowest BCUT2D eigenvalue weighted by Gasteiger charge is -2.18. The molecule has 0 atom stereocenters. The highest BCUT2D eigenvalue weighted by atomic mass is 79.9. The van der Waals surface area contributed by atoms with Crippen LogP contribution in [0.2, 0.25) is 0 Å². The second-order valence-corrected chi connectivity index (χ2v) is 5.43. The summed E-state index contributed by atoms with van der Waals surface area (Å²) in [4.78, 5) is 25.4. The minimum absolute atomic E-state index is 0.0499. The number of hydrogen-bond acceptors (Lipinski definition) is 2. The predicted octanol–water partition coefficient (Wildman–Crippen LogP) is 2.58. The zero-order chi connectivity index (χ0) is 14.7. The zero-order valence-electron chi connectivity index (χ0n) is 11.3. The molecular weight excluding hydrogens is 320 g/mol. The van der Waals surface area contributed by atoms with Crippen molar-refractivity contribution in [1.29, 1.82) is 0 Å². The van der Waals surface area contributed by atoms with Crippen molar-refractivity contribution < 1.29 is 4.79 Å². The van der Waals surface area contributed by atoms with Gasteiger partial charge >= 0.3 is 0 Å². The highest BCUT2D eigenvalue weighted by molar-refractivity contribution is 9.10. The molecule has 0 spiro atoms. The average molecular weight is 335 g/mol. The van der Waals surface area contributed by atoms with Gasteiger partial charge in [-0.1, -0.05) is 18.2 Å². The van der Waals surface area contributed by atoms with Crippen LogP contribution in [-0.4, -0.2) is 17.5 Å². The van der Waals surface area contributed by atoms with Gasteiger partial charge in [-0.15, -0.1) is 0 Å². The molecule has 5 heteroatoms. The maximum absolute atomic E-state index is 12.2. The molecule has 0 radical (unpaired) electrons. The van der Waals surface area contributed by atoms with Crippen LogP contribution in [0.15, 0.2) is 52.0 Å². The van der Waals surface area contributed by atoms with E-state index in [4.69, 9.17) is 0 Å². The second-order valence-electron chi connectivity index (χ2n) is 4.58. The van der Waals surface area contributed by atoms with E-state index in [1.807, 2.05) is 30.3 Å². The lowest BCUT2D eigenvalue weighted by Crippen LogP contribution is -2.30. The van der Waals surface area contributed by atoms with E-state index in [0.717, 1.165) is 5.69 Å². The molecule has 2 aromatic rings. The Balaban J connectivity index is 2.18. The minimum Gasteiger partial charge on any atom is -0.343 e. The highest BCUT2D eigenvalue weighted by Gasteiger charge is 2.11. The summed E-state index contributed by atoms with van der Waals surface area (Å²) in [6.45, 7) is 1.92. The van der Waals surface area contributed by atoms with E-state index in [9.17, 15) is 9.59 Å². The fourth-order valence-electron chi connectivity index (χ4n) is 1.89. The molecule has 1 amide bonds. The van der Waals surface area contributed by atoms with Crippen LogP contribution in [0.4, 0.5) is 5.69 Å². The summed E-state index contributed by atoms with van der Waals surface area (Å²) >= 11 is 3.21. The van der Waals surface area contributed by atoms with Crippen LogP contribution in [0, 0.1) is 6.92 Å². The molecule has 0 saturated carbocycles. The van der Waals surface area contributed by atoms with Gasteiger partial charge in [-0.25, -0.2) is 0 Å². The van der Waals surface area contributed by atoms with E-state index in [2.05, 4.69) is 15.9 Å². The fraction of sp³-hybridized carbons (Fsp3) is 0.200. The number of amides is 1. The number of likely N-dealkylation sites (N-methyl/N-ethyl adjacent to an activating group) is 1. The molecule has 0 bridgehead atoms. The van der Waals surface area contributed by atoms with E-state index in [-0.39, 0.29) is 17.9 Å². The summed E-state index contributed by atoms with van der Waals surface area (Å²) in [6, 6.07) is 9.44. The number of halogens is 1. The number of rotatable bonds is 3. The first kappa shape index (κ1) is 14.5. The standard InChI is InChI=1S/C15H15BrN2O2/c1-11-8-18(9-13(16)15(11)20)10-14(19)17(2)12-6-4-3-5-7-12/h3-9H,10H2,1-2H3. The van der Waals surface area contributed by atoms with Crippen LogP contribution in [-0.2, 0) is 11.3 Å². The third-order valence-corrected chi connectivity index (χ3v) is 3.61. The molecule has 4 nitrogen and oxygen atoms in total. The number of nitrogens with zero attached hydrogens (tertiary/aromatic N) is 2. The molecule has 0 fully saturated rings. The van der Waals surface area contributed by atoms with E-state index in [1.165, 1.54) is 0 Å². The van der Waals surface area contributed by atoms with Crippen molar-refractivity contribution in [3.63, 3.8) is 0 Å². The number of carbonyl (C=O) groups is 1. The summed E-state index contributed by atoms with van der Waals surface area (Å²) in [5.41, 5.74) is 1.40. The Morgan fingerprint density at radius 3 is 2.50 bits per heavy atom. The number of anilines is 1. The maximum Gasteiger partial charge on any atom is 0.246 e. The van der Waals surface area contributed by atoms with Gasteiger partial charge in [0.25, 0.3) is 0 Å². The quantitative estimate of drug-likeness (QED) is 0.865. The summed E-state index contributed by atoms with van der Waals surface area (Å²) in [6.07, 6.45) is 3.32. The number of carbonyl (C=O) groups excluding carboxylic acids is 1. The second kappa shape index (κ2) is 6.05. The van der Waals surface area contributed by atoms with E-state index in [1.54, 1.807) is 35.8 Å². The number of hydrogen-bond donors (Lipinski definition) is 0. The first-order valence-electron chi connectivity index (χ1n) is 6.17. The van der Waals surface area contributed by atoms with Crippen molar-refractivity contribution in [3.8, 4) is 0 Å². The molecule has 1 aromatic carbocycles. The van der Waals surface area contributed by atoms with Crippen molar-refractivity contribution in [1.82, 2.24) is 4.57 Å². The summed E-state index contributed by atoms with van der Waals surface area (Å²) in [5.74, 6) is -0.0499. The Labute approximate surface area is 125 Å². The Hall–Kier alpha value is -1.88. The molecule has 104 valence electrons. The van der Waals surface area contributed by atoms with Crippen molar-refractivity contribution in [2.75, 3.05) is 11.9 Å². The van der Waals surface area contributed by atoms with Crippen molar-refractivity contribution in [2.45, 2.75) is 13.5 Å². The van der Waals surface area contributed by atoms with Crippen LogP contribution in [0.3, 0.4) is 0 Å². The molecule has 0 N–H and O–H groups in total. The monoisotopic (exact) mass is 334 g/mol. The molecule has 0 saturated heterocycles. The highest BCUT2D eigenvalue weighted by Crippen LogP contribution is 2.12. The number of aromatic nitrogens is 1. The van der Waals surface area contributed by atoms with Gasteiger partial charge in [0.1, 0.15) is 6.54 Å². The van der Waals surface area contributed by atoms with Gasteiger partial charge in [0.05, 0.1) is 4.47 Å². The Bertz CT molecular complexity index is 654. The van der Waals surface area contributed by atoms with Crippen LogP contribution in [0.1, 0.15) is 5.56 Å². The zero-order valence-corrected chi connectivity index (χ0v) is 12.9. The third-order valence-electron chi connectivity index (χ3n) is 3.05. The van der Waals surface area contributed by atoms with Gasteiger partial charge in [0, 0.05) is 30.7 Å². The van der Waals surface area contributed by atoms with Gasteiger partial charge in [-0.3, -0.25) is 9.59 Å². The normalized spacial score (nSPS) is 10.3. The number of aryl methyl sites for hydroxylation is 1. The molecule has 20 heavy (non-hydrogen) atoms. The molecule has 0 unspecified atom stereocenters. The number of benzene rings is 1. The Kier molecular flexibility index (Phi) is 4.39. The number of para-hydroxylation sites is 1. The Morgan fingerprint density at radius 2 is 1.90 bits per heavy atom. The lowest BCUT2D eigenvalue weighted by molar-refractivity contribution is -0.118. The van der Waals surface area contributed by atoms with Crippen molar-refractivity contribution in [2.24, 2.45) is 0 Å². The fourth-order valence-corrected chi connectivity index (χ4v) is 2.46. The SMILES string of the molecule is Cc1cn(CC(=O)N(C)c2ccccc2)cc(Br)c1=O. The molecule has 0 aliphatic carbocycles. The van der Waals surface area contributed by atoms with Crippen LogP contribution >= 0.6 is 15.9 Å². The lowest BCUT2D eigenvalue weighted by atomic mass is 10.3. The van der Waals surface area contributed by atoms with Crippen LogP contribution in [0.25, 0.3) is 0 Å². The van der Waals surface area contributed by atoms with Crippen molar-refractivity contribution >= 4 is 27.5 Å². The number of pyridine rings is 1. The molecule has 1 heterocycles. The topological polar surface area (TPSA) is 42.3 Å². The van der Waals surface area contributed by atoms with Gasteiger partial charge in [0.2, 0.25) is 5.91 Å². The van der Waals surface area contributed by atoms with E-state index in [0.29, 0.717) is 10.0 Å². The molecule has 0 aliphatic heterocycles. The smallest absolute Gasteiger partial charge is 0.246 e. The third kappa shape index (κ3) is 3.17. The first-order valence-corrected chi connectivity index (χ1v) is 6.96. The molecule has 0 aliphatic rings. The summed E-state index contributed by atoms with van der Waals surface area (Å²) in [7, 11) is 1.74. The van der Waals surface area contributed by atoms with Crippen LogP contribution < -0.4 is 10.3 Å². The van der Waals surface area contributed by atoms with Crippen LogP contribution in [0.5, 0.6) is 0 Å². The maximum atomic E-state index is 12.2. The molecule has 2 rings (SSSR count). The van der Waals surface area contributed by atoms with Gasteiger partial charge < -0.3 is 9.47 Å². The predicted molar refractivity (Wildman–Crippen MR) is 83.0 cm³/mol. The molecular formula is C15H15BrN2O2. The first-order chi connectivity index (χ1) is 9.49. The molecule has 1 aromatic heterocycles. The van der Waals surface area contributed by atoms with E-state index >= 15 is 0 Å². The van der Waals surface area contributed by atoms with Crippen molar-refractivity contribution in [3.05, 3.63) is 63.0 Å². The summed E-state index contributed by atoms with van der Waals surface area (Å²) < 4.78 is 2.18. The summed E-state index contributed by atoms with van der Waals surface area (Å²) in [5, 5.41) is 0. The van der Waals surface area contributed by atoms with Gasteiger partial charge in [-0.05, 0) is 35.0 Å². The Morgan fingerprint density at radius 1 is 1.25 bits per heavy atom. The van der Waals surface area contributed by atoms with Gasteiger partial charge in [-0.2, -0.15) is 0 Å².